The Labute approximate surface area is 184 Å². The Morgan fingerprint density at radius 2 is 1.88 bits per heavy atom. The first-order valence-corrected chi connectivity index (χ1v) is 10.7. The van der Waals surface area contributed by atoms with Gasteiger partial charge in [-0.2, -0.15) is 0 Å². The number of carboxylic acids is 1. The lowest BCUT2D eigenvalue weighted by atomic mass is 9.97. The molecule has 0 aromatic heterocycles. The van der Waals surface area contributed by atoms with Crippen LogP contribution in [0.3, 0.4) is 0 Å². The molecule has 3 N–H and O–H groups in total. The highest BCUT2D eigenvalue weighted by Crippen LogP contribution is 2.44. The van der Waals surface area contributed by atoms with Crippen molar-refractivity contribution < 1.29 is 28.6 Å². The van der Waals surface area contributed by atoms with E-state index in [2.05, 4.69) is 24.4 Å². The van der Waals surface area contributed by atoms with Crippen LogP contribution >= 0.6 is 0 Å². The molecule has 4 atom stereocenters. The predicted molar refractivity (Wildman–Crippen MR) is 115 cm³/mol. The lowest BCUT2D eigenvalue weighted by molar-refractivity contribution is -0.146. The maximum Gasteiger partial charge on any atom is 0.321 e. The number of halogens is 2. The highest BCUT2D eigenvalue weighted by atomic mass is 19.3. The summed E-state index contributed by atoms with van der Waals surface area (Å²) in [5.74, 6) is -1.90. The maximum atomic E-state index is 12.7. The second-order valence-corrected chi connectivity index (χ2v) is 8.58. The quantitative estimate of drug-likeness (QED) is 0.610. The largest absolute Gasteiger partial charge is 0.480 e. The van der Waals surface area contributed by atoms with E-state index in [1.807, 2.05) is 24.3 Å². The predicted octanol–water partition coefficient (Wildman–Crippen LogP) is 3.30. The van der Waals surface area contributed by atoms with Crippen LogP contribution in [0.4, 0.5) is 8.78 Å². The van der Waals surface area contributed by atoms with Gasteiger partial charge in [0.2, 0.25) is 6.43 Å². The van der Waals surface area contributed by atoms with Crippen LogP contribution in [-0.4, -0.2) is 58.8 Å². The average Bonchev–Trinajstić information content (AvgIpc) is 3.31. The Balaban J connectivity index is 1.41. The van der Waals surface area contributed by atoms with Gasteiger partial charge in [-0.25, -0.2) is 8.78 Å². The second-order valence-electron chi connectivity index (χ2n) is 8.58. The fourth-order valence-corrected chi connectivity index (χ4v) is 4.94. The minimum atomic E-state index is -2.53. The molecule has 2 aromatic rings. The van der Waals surface area contributed by atoms with E-state index >= 15 is 0 Å². The molecule has 1 heterocycles. The van der Waals surface area contributed by atoms with Crippen LogP contribution in [0.5, 0.6) is 0 Å². The Kier molecular flexibility index (Phi) is 6.26. The zero-order chi connectivity index (χ0) is 23.0. The van der Waals surface area contributed by atoms with Crippen molar-refractivity contribution in [2.24, 2.45) is 5.92 Å². The van der Waals surface area contributed by atoms with E-state index in [1.54, 1.807) is 6.07 Å². The number of nitrogens with zero attached hydrogens (tertiary/aromatic N) is 1. The van der Waals surface area contributed by atoms with Crippen molar-refractivity contribution in [1.29, 1.82) is 0 Å². The van der Waals surface area contributed by atoms with Crippen molar-refractivity contribution in [3.63, 3.8) is 0 Å². The minimum Gasteiger partial charge on any atom is -0.480 e. The summed E-state index contributed by atoms with van der Waals surface area (Å²) in [6, 6.07) is 12.5. The van der Waals surface area contributed by atoms with Gasteiger partial charge in [-0.15, -0.1) is 0 Å². The van der Waals surface area contributed by atoms with Crippen molar-refractivity contribution in [2.75, 3.05) is 13.1 Å². The molecule has 8 heteroatoms. The van der Waals surface area contributed by atoms with Gasteiger partial charge in [-0.05, 0) is 46.7 Å². The molecule has 0 saturated carbocycles. The molecule has 1 amide bonds. The average molecular weight is 444 g/mol. The van der Waals surface area contributed by atoms with Gasteiger partial charge >= 0.3 is 5.97 Å². The van der Waals surface area contributed by atoms with E-state index in [9.17, 15) is 28.6 Å². The van der Waals surface area contributed by atoms with Crippen molar-refractivity contribution in [3.05, 3.63) is 59.2 Å². The highest BCUT2D eigenvalue weighted by Gasteiger charge is 2.40. The van der Waals surface area contributed by atoms with Crippen LogP contribution < -0.4 is 5.32 Å². The van der Waals surface area contributed by atoms with Gasteiger partial charge < -0.3 is 15.5 Å². The number of aliphatic hydroxyl groups excluding tert-OH is 1. The van der Waals surface area contributed by atoms with Crippen LogP contribution in [0.2, 0.25) is 0 Å². The van der Waals surface area contributed by atoms with E-state index in [-0.39, 0.29) is 31.3 Å². The molecule has 1 fully saturated rings. The topological polar surface area (TPSA) is 89.9 Å². The highest BCUT2D eigenvalue weighted by molar-refractivity contribution is 5.96. The van der Waals surface area contributed by atoms with Gasteiger partial charge in [0.1, 0.15) is 12.3 Å². The number of alkyl halides is 2. The zero-order valence-electron chi connectivity index (χ0n) is 17.7. The number of hydrogen-bond acceptors (Lipinski definition) is 4. The third kappa shape index (κ3) is 4.25. The van der Waals surface area contributed by atoms with Crippen LogP contribution in [0.15, 0.2) is 42.5 Å². The third-order valence-electron chi connectivity index (χ3n) is 6.55. The molecule has 0 bridgehead atoms. The Morgan fingerprint density at radius 3 is 2.59 bits per heavy atom. The number of hydrogen-bond donors (Lipinski definition) is 3. The van der Waals surface area contributed by atoms with Gasteiger partial charge in [-0.3, -0.25) is 14.5 Å². The van der Waals surface area contributed by atoms with Crippen molar-refractivity contribution in [1.82, 2.24) is 10.2 Å². The van der Waals surface area contributed by atoms with Crippen LogP contribution in [0.25, 0.3) is 11.1 Å². The van der Waals surface area contributed by atoms with Crippen molar-refractivity contribution in [3.8, 4) is 11.1 Å². The Bertz CT molecular complexity index is 1030. The number of rotatable bonds is 7. The molecule has 32 heavy (non-hydrogen) atoms. The number of fused-ring (bicyclic) bond motifs is 3. The summed E-state index contributed by atoms with van der Waals surface area (Å²) < 4.78 is 25.4. The number of aliphatic carboxylic acids is 1. The Hall–Kier alpha value is -2.84. The molecule has 6 nitrogen and oxygen atoms in total. The summed E-state index contributed by atoms with van der Waals surface area (Å²) in [4.78, 5) is 25.5. The lowest BCUT2D eigenvalue weighted by Crippen LogP contribution is -2.48. The molecule has 2 unspecified atom stereocenters. The molecule has 0 spiro atoms. The van der Waals surface area contributed by atoms with Gasteiger partial charge in [-0.1, -0.05) is 37.3 Å². The van der Waals surface area contributed by atoms with E-state index in [1.165, 1.54) is 10.5 Å². The number of likely N-dealkylation sites (tertiary alicyclic amines) is 1. The van der Waals surface area contributed by atoms with E-state index < -0.39 is 37.0 Å². The summed E-state index contributed by atoms with van der Waals surface area (Å²) in [7, 11) is 0. The number of amides is 1. The lowest BCUT2D eigenvalue weighted by Gasteiger charge is -2.27. The third-order valence-corrected chi connectivity index (χ3v) is 6.55. The maximum absolute atomic E-state index is 12.7. The summed E-state index contributed by atoms with van der Waals surface area (Å²) >= 11 is 0. The van der Waals surface area contributed by atoms with Crippen molar-refractivity contribution in [2.45, 2.75) is 44.4 Å². The number of carbonyl (C=O) groups excluding carboxylic acids is 1. The summed E-state index contributed by atoms with van der Waals surface area (Å²) in [6.45, 7) is 1.94. The molecule has 170 valence electrons. The molecule has 2 aliphatic rings. The van der Waals surface area contributed by atoms with Gasteiger partial charge in [0.05, 0.1) is 6.54 Å². The first-order chi connectivity index (χ1) is 15.3. The molecule has 0 radical (unpaired) electrons. The SMILES string of the molecule is CC1c2ccccc2-c2ccc(C(=O)NCC(O)N3C[C@H](CC(F)F)C[C@H]3C(=O)O)cc21. The second kappa shape index (κ2) is 8.96. The molecule has 1 aliphatic carbocycles. The van der Waals surface area contributed by atoms with E-state index in [0.717, 1.165) is 16.7 Å². The van der Waals surface area contributed by atoms with Crippen LogP contribution in [-0.2, 0) is 4.79 Å². The number of benzene rings is 2. The zero-order valence-corrected chi connectivity index (χ0v) is 17.7. The van der Waals surface area contributed by atoms with Gasteiger partial charge in [0.15, 0.2) is 0 Å². The molecular weight excluding hydrogens is 418 g/mol. The molecule has 2 aromatic carbocycles. The molecule has 1 aliphatic heterocycles. The fraction of sp³-hybridized carbons (Fsp3) is 0.417. The minimum absolute atomic E-state index is 0.0486. The van der Waals surface area contributed by atoms with Gasteiger partial charge in [0.25, 0.3) is 5.91 Å². The van der Waals surface area contributed by atoms with Crippen LogP contribution in [0.1, 0.15) is 47.2 Å². The van der Waals surface area contributed by atoms with Crippen molar-refractivity contribution >= 4 is 11.9 Å². The molecular formula is C24H26F2N2O4. The number of nitrogens with one attached hydrogen (secondary N) is 1. The normalized spacial score (nSPS) is 23.1. The van der Waals surface area contributed by atoms with E-state index in [4.69, 9.17) is 0 Å². The summed E-state index contributed by atoms with van der Waals surface area (Å²) in [6.07, 6.45) is -4.16. The Morgan fingerprint density at radius 1 is 1.16 bits per heavy atom. The first kappa shape index (κ1) is 22.4. The number of carbonyl (C=O) groups is 2. The van der Waals surface area contributed by atoms with E-state index in [0.29, 0.717) is 5.56 Å². The molecule has 4 rings (SSSR count). The summed E-state index contributed by atoms with van der Waals surface area (Å²) in [5.41, 5.74) is 4.96. The monoisotopic (exact) mass is 444 g/mol. The smallest absolute Gasteiger partial charge is 0.321 e. The standard InChI is InChI=1S/C24H26F2N2O4/c1-13-16-4-2-3-5-17(16)18-7-6-15(10-19(13)18)23(30)27-11-22(29)28-12-14(9-21(25)26)8-20(28)24(31)32/h2-7,10,13-14,20-22,29H,8-9,11-12H2,1H3,(H,27,30)(H,31,32)/t13?,14-,20-,22?/m0/s1. The summed E-state index contributed by atoms with van der Waals surface area (Å²) in [5, 5.41) is 22.5. The fourth-order valence-electron chi connectivity index (χ4n) is 4.94. The number of carboxylic acid groups (broad SMARTS) is 1. The van der Waals surface area contributed by atoms with Gasteiger partial charge in [0, 0.05) is 24.4 Å². The first-order valence-electron chi connectivity index (χ1n) is 10.7. The van der Waals surface area contributed by atoms with Crippen LogP contribution in [0, 0.1) is 5.92 Å². The number of aliphatic hydroxyl groups is 1. The molecule has 1 saturated heterocycles.